The second kappa shape index (κ2) is 7.83. The van der Waals surface area contributed by atoms with Gasteiger partial charge in [0.15, 0.2) is 0 Å². The van der Waals surface area contributed by atoms with Gasteiger partial charge < -0.3 is 10.4 Å². The number of aromatic carboxylic acids is 1. The average Bonchev–Trinajstić information content (AvgIpc) is 2.51. The molecule has 2 aromatic carbocycles. The Morgan fingerprint density at radius 2 is 1.83 bits per heavy atom. The minimum absolute atomic E-state index is 0.135. The van der Waals surface area contributed by atoms with E-state index in [1.54, 1.807) is 19.1 Å². The van der Waals surface area contributed by atoms with Gasteiger partial charge in [0.25, 0.3) is 0 Å². The summed E-state index contributed by atoms with van der Waals surface area (Å²) in [4.78, 5) is 23.1. The van der Waals surface area contributed by atoms with Gasteiger partial charge in [-0.3, -0.25) is 4.79 Å². The molecule has 0 atom stereocenters. The van der Waals surface area contributed by atoms with Crippen LogP contribution in [0.25, 0.3) is 0 Å². The molecule has 2 N–H and O–H groups in total. The number of amides is 1. The van der Waals surface area contributed by atoms with Crippen LogP contribution in [-0.4, -0.2) is 22.7 Å². The molecule has 0 bridgehead atoms. The van der Waals surface area contributed by atoms with Crippen molar-refractivity contribution in [2.24, 2.45) is 0 Å². The second-order valence-electron chi connectivity index (χ2n) is 5.30. The summed E-state index contributed by atoms with van der Waals surface area (Å²) in [7, 11) is 0. The first-order chi connectivity index (χ1) is 11.0. The normalized spacial score (nSPS) is 10.3. The van der Waals surface area contributed by atoms with Gasteiger partial charge in [-0.2, -0.15) is 0 Å². The van der Waals surface area contributed by atoms with Crippen molar-refractivity contribution in [1.82, 2.24) is 0 Å². The van der Waals surface area contributed by atoms with E-state index in [9.17, 15) is 9.59 Å². The Morgan fingerprint density at radius 1 is 1.09 bits per heavy atom. The summed E-state index contributed by atoms with van der Waals surface area (Å²) in [5.74, 6) is -0.0322. The quantitative estimate of drug-likeness (QED) is 0.844. The van der Waals surface area contributed by atoms with Crippen LogP contribution in [0.5, 0.6) is 0 Å². The van der Waals surface area contributed by atoms with E-state index in [0.717, 1.165) is 5.75 Å². The Bertz CT molecular complexity index is 728. The van der Waals surface area contributed by atoms with Gasteiger partial charge in [-0.25, -0.2) is 4.79 Å². The van der Waals surface area contributed by atoms with Gasteiger partial charge in [-0.05, 0) is 42.7 Å². The number of carboxylic acid groups (broad SMARTS) is 1. The number of nitrogens with one attached hydrogen (secondary N) is 1. The summed E-state index contributed by atoms with van der Waals surface area (Å²) < 4.78 is 0. The molecule has 0 aliphatic heterocycles. The van der Waals surface area contributed by atoms with Crippen molar-refractivity contribution >= 4 is 29.3 Å². The zero-order valence-electron chi connectivity index (χ0n) is 13.1. The van der Waals surface area contributed by atoms with Gasteiger partial charge >= 0.3 is 5.97 Å². The first-order valence-electron chi connectivity index (χ1n) is 7.23. The molecule has 0 aromatic heterocycles. The molecule has 4 nitrogen and oxygen atoms in total. The van der Waals surface area contributed by atoms with E-state index in [4.69, 9.17) is 5.11 Å². The Balaban J connectivity index is 1.89. The lowest BCUT2D eigenvalue weighted by atomic mass is 10.1. The molecule has 0 radical (unpaired) electrons. The molecule has 0 aliphatic carbocycles. The summed E-state index contributed by atoms with van der Waals surface area (Å²) in [6, 6.07) is 13.0. The van der Waals surface area contributed by atoms with Crippen molar-refractivity contribution in [2.75, 3.05) is 11.1 Å². The number of carbonyl (C=O) groups excluding carboxylic acids is 1. The van der Waals surface area contributed by atoms with Crippen LogP contribution in [0.2, 0.25) is 0 Å². The molecule has 2 rings (SSSR count). The highest BCUT2D eigenvalue weighted by Gasteiger charge is 2.10. The summed E-state index contributed by atoms with van der Waals surface area (Å²) in [5, 5.41) is 11.8. The maximum Gasteiger partial charge on any atom is 0.336 e. The fourth-order valence-corrected chi connectivity index (χ4v) is 3.06. The smallest absolute Gasteiger partial charge is 0.336 e. The summed E-state index contributed by atoms with van der Waals surface area (Å²) in [5.41, 5.74) is 3.81. The standard InChI is InChI=1S/C18H19NO3S/c1-12-5-3-4-6-14(12)10-23-11-17(20)19-15-8-7-13(2)16(9-15)18(21)22/h3-9H,10-11H2,1-2H3,(H,19,20)(H,21,22). The molecule has 120 valence electrons. The van der Waals surface area contributed by atoms with Crippen LogP contribution in [0.15, 0.2) is 42.5 Å². The van der Waals surface area contributed by atoms with E-state index in [2.05, 4.69) is 24.4 Å². The van der Waals surface area contributed by atoms with Gasteiger partial charge in [0.2, 0.25) is 5.91 Å². The largest absolute Gasteiger partial charge is 0.478 e. The minimum atomic E-state index is -0.993. The van der Waals surface area contributed by atoms with Crippen molar-refractivity contribution in [2.45, 2.75) is 19.6 Å². The predicted octanol–water partition coefficient (Wildman–Crippen LogP) is 3.87. The van der Waals surface area contributed by atoms with Crippen molar-refractivity contribution in [3.05, 3.63) is 64.7 Å². The number of rotatable bonds is 6. The van der Waals surface area contributed by atoms with Crippen LogP contribution in [0.3, 0.4) is 0 Å². The SMILES string of the molecule is Cc1ccccc1CSCC(=O)Nc1ccc(C)c(C(=O)O)c1. The molecular weight excluding hydrogens is 310 g/mol. The Kier molecular flexibility index (Phi) is 5.82. The van der Waals surface area contributed by atoms with Gasteiger partial charge in [0.1, 0.15) is 0 Å². The van der Waals surface area contributed by atoms with Crippen molar-refractivity contribution in [1.29, 1.82) is 0 Å². The number of anilines is 1. The van der Waals surface area contributed by atoms with Crippen LogP contribution >= 0.6 is 11.8 Å². The third-order valence-electron chi connectivity index (χ3n) is 3.50. The van der Waals surface area contributed by atoms with Crippen LogP contribution in [-0.2, 0) is 10.5 Å². The van der Waals surface area contributed by atoms with E-state index < -0.39 is 5.97 Å². The molecule has 1 amide bonds. The van der Waals surface area contributed by atoms with E-state index in [-0.39, 0.29) is 11.5 Å². The number of aryl methyl sites for hydroxylation is 2. The van der Waals surface area contributed by atoms with Gasteiger partial charge in [-0.15, -0.1) is 11.8 Å². The lowest BCUT2D eigenvalue weighted by Crippen LogP contribution is -2.15. The summed E-state index contributed by atoms with van der Waals surface area (Å²) >= 11 is 1.53. The molecule has 0 heterocycles. The average molecular weight is 329 g/mol. The predicted molar refractivity (Wildman–Crippen MR) is 94.1 cm³/mol. The highest BCUT2D eigenvalue weighted by molar-refractivity contribution is 7.99. The van der Waals surface area contributed by atoms with Crippen LogP contribution < -0.4 is 5.32 Å². The van der Waals surface area contributed by atoms with Crippen molar-refractivity contribution in [3.63, 3.8) is 0 Å². The molecule has 0 unspecified atom stereocenters. The van der Waals surface area contributed by atoms with Crippen molar-refractivity contribution < 1.29 is 14.7 Å². The van der Waals surface area contributed by atoms with Gasteiger partial charge in [0.05, 0.1) is 11.3 Å². The number of hydrogen-bond acceptors (Lipinski definition) is 3. The molecule has 0 saturated heterocycles. The monoisotopic (exact) mass is 329 g/mol. The highest BCUT2D eigenvalue weighted by atomic mass is 32.2. The molecule has 5 heteroatoms. The molecule has 23 heavy (non-hydrogen) atoms. The van der Waals surface area contributed by atoms with Gasteiger partial charge in [-0.1, -0.05) is 30.3 Å². The maximum absolute atomic E-state index is 12.0. The van der Waals surface area contributed by atoms with E-state index in [0.29, 0.717) is 17.0 Å². The van der Waals surface area contributed by atoms with Crippen LogP contribution in [0.1, 0.15) is 27.0 Å². The number of hydrogen-bond donors (Lipinski definition) is 2. The first kappa shape index (κ1) is 17.1. The number of carbonyl (C=O) groups is 2. The number of benzene rings is 2. The van der Waals surface area contributed by atoms with Crippen molar-refractivity contribution in [3.8, 4) is 0 Å². The molecule has 0 aliphatic rings. The molecule has 0 saturated carbocycles. The number of carboxylic acids is 1. The zero-order chi connectivity index (χ0) is 16.8. The summed E-state index contributed by atoms with van der Waals surface area (Å²) in [6.45, 7) is 3.78. The topological polar surface area (TPSA) is 66.4 Å². The van der Waals surface area contributed by atoms with Gasteiger partial charge in [0, 0.05) is 11.4 Å². The third kappa shape index (κ3) is 4.86. The molecule has 2 aromatic rings. The van der Waals surface area contributed by atoms with E-state index in [1.165, 1.54) is 29.0 Å². The van der Waals surface area contributed by atoms with E-state index >= 15 is 0 Å². The first-order valence-corrected chi connectivity index (χ1v) is 8.39. The molecular formula is C18H19NO3S. The zero-order valence-corrected chi connectivity index (χ0v) is 13.9. The lowest BCUT2D eigenvalue weighted by molar-refractivity contribution is -0.113. The fraction of sp³-hybridized carbons (Fsp3) is 0.222. The number of thioether (sulfide) groups is 1. The van der Waals surface area contributed by atoms with Crippen LogP contribution in [0.4, 0.5) is 5.69 Å². The maximum atomic E-state index is 12.0. The molecule has 0 spiro atoms. The minimum Gasteiger partial charge on any atom is -0.478 e. The van der Waals surface area contributed by atoms with E-state index in [1.807, 2.05) is 12.1 Å². The highest BCUT2D eigenvalue weighted by Crippen LogP contribution is 2.18. The second-order valence-corrected chi connectivity index (χ2v) is 6.29. The van der Waals surface area contributed by atoms with Crippen LogP contribution in [0, 0.1) is 13.8 Å². The lowest BCUT2D eigenvalue weighted by Gasteiger charge is -2.08. The summed E-state index contributed by atoms with van der Waals surface area (Å²) in [6.07, 6.45) is 0. The third-order valence-corrected chi connectivity index (χ3v) is 4.49. The Labute approximate surface area is 139 Å². The Hall–Kier alpha value is -2.27. The molecule has 0 fully saturated rings. The Morgan fingerprint density at radius 3 is 2.52 bits per heavy atom. The fourth-order valence-electron chi connectivity index (χ4n) is 2.15.